The van der Waals surface area contributed by atoms with Crippen molar-refractivity contribution >= 4 is 17.5 Å². The fourth-order valence-corrected chi connectivity index (χ4v) is 4.52. The number of nitrogens with zero attached hydrogens (tertiary/aromatic N) is 1. The van der Waals surface area contributed by atoms with Crippen molar-refractivity contribution in [1.29, 1.82) is 0 Å². The van der Waals surface area contributed by atoms with Gasteiger partial charge in [0.1, 0.15) is 11.5 Å². The Hall–Kier alpha value is -4.00. The van der Waals surface area contributed by atoms with Crippen LogP contribution in [0.15, 0.2) is 66.7 Å². The lowest BCUT2D eigenvalue weighted by Crippen LogP contribution is -2.40. The molecule has 7 heteroatoms. The van der Waals surface area contributed by atoms with E-state index in [-0.39, 0.29) is 24.3 Å². The molecule has 0 unspecified atom stereocenters. The van der Waals surface area contributed by atoms with Crippen LogP contribution in [-0.2, 0) is 9.59 Å². The Morgan fingerprint density at radius 3 is 2.21 bits per heavy atom. The Morgan fingerprint density at radius 2 is 1.58 bits per heavy atom. The van der Waals surface area contributed by atoms with E-state index in [1.54, 1.807) is 31.3 Å². The summed E-state index contributed by atoms with van der Waals surface area (Å²) in [6.45, 7) is 0.382. The summed E-state index contributed by atoms with van der Waals surface area (Å²) in [4.78, 5) is 27.9. The van der Waals surface area contributed by atoms with Crippen molar-refractivity contribution in [1.82, 2.24) is 5.32 Å². The molecule has 0 bridgehead atoms. The van der Waals surface area contributed by atoms with Crippen molar-refractivity contribution in [3.05, 3.63) is 77.9 Å². The largest absolute Gasteiger partial charge is 0.493 e. The van der Waals surface area contributed by atoms with Gasteiger partial charge in [0.2, 0.25) is 11.8 Å². The standard InChI is InChI=1S/C26H24N2O5/c1-31-22-12-11-17(14-23(22)32-2)28-15-16(13-24(28)29)27-26(30)25-18-7-3-5-9-20(18)33-21-10-6-4-8-19(21)25/h3-12,14,16,25H,13,15H2,1-2H3,(H,27,30)/t16-/m1/s1. The second kappa shape index (κ2) is 8.50. The molecule has 3 aromatic carbocycles. The molecule has 0 saturated carbocycles. The van der Waals surface area contributed by atoms with Gasteiger partial charge >= 0.3 is 0 Å². The van der Waals surface area contributed by atoms with Crippen molar-refractivity contribution in [3.63, 3.8) is 0 Å². The molecule has 3 aromatic rings. The van der Waals surface area contributed by atoms with Crippen molar-refractivity contribution in [3.8, 4) is 23.0 Å². The average Bonchev–Trinajstić information content (AvgIpc) is 3.21. The predicted molar refractivity (Wildman–Crippen MR) is 123 cm³/mol. The Morgan fingerprint density at radius 1 is 0.939 bits per heavy atom. The number of rotatable bonds is 5. The number of carbonyl (C=O) groups is 2. The second-order valence-corrected chi connectivity index (χ2v) is 8.06. The lowest BCUT2D eigenvalue weighted by molar-refractivity contribution is -0.122. The predicted octanol–water partition coefficient (Wildman–Crippen LogP) is 3.86. The first-order chi connectivity index (χ1) is 16.1. The van der Waals surface area contributed by atoms with E-state index in [1.807, 2.05) is 54.6 Å². The van der Waals surface area contributed by atoms with Crippen LogP contribution in [0.4, 0.5) is 5.69 Å². The Kier molecular flexibility index (Phi) is 5.38. The molecule has 33 heavy (non-hydrogen) atoms. The number of amides is 2. The van der Waals surface area contributed by atoms with Crippen molar-refractivity contribution in [2.24, 2.45) is 0 Å². The van der Waals surface area contributed by atoms with Crippen molar-refractivity contribution in [2.45, 2.75) is 18.4 Å². The van der Waals surface area contributed by atoms with Crippen LogP contribution in [-0.4, -0.2) is 38.6 Å². The fourth-order valence-electron chi connectivity index (χ4n) is 4.52. The van der Waals surface area contributed by atoms with Gasteiger partial charge in [0.05, 0.1) is 26.2 Å². The highest BCUT2D eigenvalue weighted by molar-refractivity contribution is 5.98. The highest BCUT2D eigenvalue weighted by atomic mass is 16.5. The van der Waals surface area contributed by atoms with Gasteiger partial charge in [-0.25, -0.2) is 0 Å². The zero-order chi connectivity index (χ0) is 22.9. The third kappa shape index (κ3) is 3.75. The van der Waals surface area contributed by atoms with E-state index < -0.39 is 5.92 Å². The first-order valence-corrected chi connectivity index (χ1v) is 10.8. The molecule has 1 saturated heterocycles. The number of fused-ring (bicyclic) bond motifs is 2. The van der Waals surface area contributed by atoms with E-state index >= 15 is 0 Å². The summed E-state index contributed by atoms with van der Waals surface area (Å²) in [7, 11) is 3.12. The molecular weight excluding hydrogens is 420 g/mol. The highest BCUT2D eigenvalue weighted by Gasteiger charge is 2.37. The first kappa shape index (κ1) is 20.9. The van der Waals surface area contributed by atoms with E-state index in [4.69, 9.17) is 14.2 Å². The van der Waals surface area contributed by atoms with Crippen molar-refractivity contribution < 1.29 is 23.8 Å². The lowest BCUT2D eigenvalue weighted by Gasteiger charge is -2.28. The SMILES string of the molecule is COc1ccc(N2C[C@H](NC(=O)C3c4ccccc4Oc4ccccc43)CC2=O)cc1OC. The third-order valence-corrected chi connectivity index (χ3v) is 6.09. The Bertz CT molecular complexity index is 1180. The van der Waals surface area contributed by atoms with Crippen LogP contribution in [0.3, 0.4) is 0 Å². The summed E-state index contributed by atoms with van der Waals surface area (Å²) in [6.07, 6.45) is 0.229. The van der Waals surface area contributed by atoms with Crippen LogP contribution >= 0.6 is 0 Å². The molecule has 5 rings (SSSR count). The van der Waals surface area contributed by atoms with Gasteiger partial charge in [0.25, 0.3) is 0 Å². The lowest BCUT2D eigenvalue weighted by atomic mass is 9.87. The molecule has 2 aliphatic rings. The summed E-state index contributed by atoms with van der Waals surface area (Å²) in [5, 5.41) is 3.10. The number of ether oxygens (including phenoxy) is 3. The van der Waals surface area contributed by atoms with Crippen molar-refractivity contribution in [2.75, 3.05) is 25.7 Å². The van der Waals surface area contributed by atoms with Gasteiger partial charge in [0.15, 0.2) is 11.5 Å². The molecule has 0 radical (unpaired) electrons. The molecule has 0 aromatic heterocycles. The van der Waals surface area contributed by atoms with Crippen LogP contribution in [0.1, 0.15) is 23.5 Å². The second-order valence-electron chi connectivity index (χ2n) is 8.06. The number of nitrogens with one attached hydrogen (secondary N) is 1. The van der Waals surface area contributed by atoms with Crippen LogP contribution in [0.5, 0.6) is 23.0 Å². The molecule has 2 amide bonds. The molecule has 168 valence electrons. The number of hydrogen-bond acceptors (Lipinski definition) is 5. The quantitative estimate of drug-likeness (QED) is 0.647. The monoisotopic (exact) mass is 444 g/mol. The number of hydrogen-bond donors (Lipinski definition) is 1. The van der Waals surface area contributed by atoms with Gasteiger partial charge in [-0.15, -0.1) is 0 Å². The van der Waals surface area contributed by atoms with Gasteiger partial charge in [-0.2, -0.15) is 0 Å². The molecule has 2 heterocycles. The molecule has 1 N–H and O–H groups in total. The molecule has 0 aliphatic carbocycles. The number of benzene rings is 3. The maximum Gasteiger partial charge on any atom is 0.232 e. The fraction of sp³-hybridized carbons (Fsp3) is 0.231. The number of anilines is 1. The van der Waals surface area contributed by atoms with Crippen LogP contribution in [0, 0.1) is 0 Å². The summed E-state index contributed by atoms with van der Waals surface area (Å²) in [5.74, 6) is 1.78. The maximum absolute atomic E-state index is 13.5. The Balaban J connectivity index is 1.37. The van der Waals surface area contributed by atoms with E-state index in [0.717, 1.165) is 11.1 Å². The Labute approximate surface area is 191 Å². The van der Waals surface area contributed by atoms with Crippen LogP contribution < -0.4 is 24.4 Å². The van der Waals surface area contributed by atoms with Gasteiger partial charge < -0.3 is 24.4 Å². The zero-order valence-electron chi connectivity index (χ0n) is 18.4. The summed E-state index contributed by atoms with van der Waals surface area (Å²) < 4.78 is 16.6. The van der Waals surface area contributed by atoms with Gasteiger partial charge in [-0.3, -0.25) is 9.59 Å². The van der Waals surface area contributed by atoms with Gasteiger partial charge in [-0.05, 0) is 24.3 Å². The minimum atomic E-state index is -0.503. The molecule has 0 spiro atoms. The van der Waals surface area contributed by atoms with E-state index in [0.29, 0.717) is 35.2 Å². The molecular formula is C26H24N2O5. The molecule has 1 atom stereocenters. The average molecular weight is 444 g/mol. The number of para-hydroxylation sites is 2. The van der Waals surface area contributed by atoms with E-state index in [2.05, 4.69) is 5.32 Å². The summed E-state index contributed by atoms with van der Waals surface area (Å²) >= 11 is 0. The minimum Gasteiger partial charge on any atom is -0.493 e. The topological polar surface area (TPSA) is 77.1 Å². The number of carbonyl (C=O) groups excluding carboxylic acids is 2. The van der Waals surface area contributed by atoms with Crippen LogP contribution in [0.25, 0.3) is 0 Å². The molecule has 1 fully saturated rings. The third-order valence-electron chi connectivity index (χ3n) is 6.09. The highest BCUT2D eigenvalue weighted by Crippen LogP contribution is 2.44. The van der Waals surface area contributed by atoms with Gasteiger partial charge in [0, 0.05) is 35.8 Å². The number of methoxy groups -OCH3 is 2. The van der Waals surface area contributed by atoms with E-state index in [1.165, 1.54) is 0 Å². The summed E-state index contributed by atoms with van der Waals surface area (Å²) in [5.41, 5.74) is 2.33. The first-order valence-electron chi connectivity index (χ1n) is 10.8. The summed E-state index contributed by atoms with van der Waals surface area (Å²) in [6, 6.07) is 20.2. The molecule has 2 aliphatic heterocycles. The maximum atomic E-state index is 13.5. The smallest absolute Gasteiger partial charge is 0.232 e. The zero-order valence-corrected chi connectivity index (χ0v) is 18.4. The van der Waals surface area contributed by atoms with Gasteiger partial charge in [-0.1, -0.05) is 36.4 Å². The normalized spacial score (nSPS) is 17.1. The minimum absolute atomic E-state index is 0.0553. The molecule has 7 nitrogen and oxygen atoms in total. The van der Waals surface area contributed by atoms with Crippen LogP contribution in [0.2, 0.25) is 0 Å². The van der Waals surface area contributed by atoms with E-state index in [9.17, 15) is 9.59 Å².